The largest absolute Gasteiger partial charge is 0.405 e. The van der Waals surface area contributed by atoms with Gasteiger partial charge in [0.2, 0.25) is 11.8 Å². The van der Waals surface area contributed by atoms with Crippen molar-refractivity contribution in [2.75, 3.05) is 33.5 Å². The second kappa shape index (κ2) is 22.7. The number of carbonyl (C=O) groups is 2. The van der Waals surface area contributed by atoms with Crippen molar-refractivity contribution in [1.82, 2.24) is 10.2 Å². The number of rotatable bonds is 14. The van der Waals surface area contributed by atoms with Gasteiger partial charge in [-0.25, -0.2) is 0 Å². The number of benzene rings is 4. The van der Waals surface area contributed by atoms with E-state index in [-0.39, 0.29) is 59.5 Å². The van der Waals surface area contributed by atoms with Gasteiger partial charge in [0, 0.05) is 20.3 Å². The molecule has 4 saturated heterocycles. The van der Waals surface area contributed by atoms with Crippen molar-refractivity contribution in [2.24, 2.45) is 0 Å². The lowest BCUT2D eigenvalue weighted by Gasteiger charge is -2.31. The van der Waals surface area contributed by atoms with Crippen LogP contribution in [0, 0.1) is 0 Å². The molecule has 10 nitrogen and oxygen atoms in total. The SMILES string of the molecule is CC(C)(C)c1ccc([Si](OC[C@H]2NC(=O)C[C@H]2O[C@@H]2CCCCO2)c2ccccc2)cc1.CN1C(=O)C[C@@H](O[C@@H]2CCCCO2)[C@H]1CO[Si](c1ccccc1)c1ccc(C(C)(C)C)cc1. The van der Waals surface area contributed by atoms with Crippen molar-refractivity contribution in [3.05, 3.63) is 120 Å². The first-order chi connectivity index (χ1) is 31.2. The number of nitrogens with one attached hydrogen (secondary N) is 1. The molecule has 0 aromatic heterocycles. The molecule has 2 amide bonds. The van der Waals surface area contributed by atoms with E-state index in [1.54, 1.807) is 4.90 Å². The van der Waals surface area contributed by atoms with Crippen LogP contribution in [0.4, 0.5) is 0 Å². The summed E-state index contributed by atoms with van der Waals surface area (Å²) >= 11 is 0. The zero-order valence-corrected chi connectivity index (χ0v) is 41.6. The van der Waals surface area contributed by atoms with Crippen molar-refractivity contribution in [1.29, 1.82) is 0 Å². The van der Waals surface area contributed by atoms with Crippen LogP contribution in [0.1, 0.15) is 104 Å². The zero-order valence-electron chi connectivity index (χ0n) is 39.6. The highest BCUT2D eigenvalue weighted by Crippen LogP contribution is 2.27. The maximum absolute atomic E-state index is 12.5. The molecule has 0 unspecified atom stereocenters. The van der Waals surface area contributed by atoms with Crippen LogP contribution < -0.4 is 26.1 Å². The molecule has 4 aliphatic heterocycles. The summed E-state index contributed by atoms with van der Waals surface area (Å²) in [6.45, 7) is 15.7. The molecule has 65 heavy (non-hydrogen) atoms. The fourth-order valence-electron chi connectivity index (χ4n) is 8.68. The first-order valence-electron chi connectivity index (χ1n) is 23.6. The van der Waals surface area contributed by atoms with Crippen molar-refractivity contribution in [2.45, 2.75) is 141 Å². The summed E-state index contributed by atoms with van der Waals surface area (Å²) < 4.78 is 37.1. The van der Waals surface area contributed by atoms with Crippen molar-refractivity contribution in [3.63, 3.8) is 0 Å². The highest BCUT2D eigenvalue weighted by molar-refractivity contribution is 6.80. The van der Waals surface area contributed by atoms with Crippen LogP contribution in [-0.2, 0) is 48.2 Å². The van der Waals surface area contributed by atoms with Gasteiger partial charge in [0.05, 0.1) is 50.3 Å². The molecule has 1 N–H and O–H groups in total. The van der Waals surface area contributed by atoms with Crippen LogP contribution in [-0.4, -0.2) is 105 Å². The lowest BCUT2D eigenvalue weighted by molar-refractivity contribution is -0.193. The number of nitrogens with zero attached hydrogens (tertiary/aromatic N) is 1. The second-order valence-corrected chi connectivity index (χ2v) is 24.0. The van der Waals surface area contributed by atoms with E-state index < -0.39 is 18.1 Å². The summed E-state index contributed by atoms with van der Waals surface area (Å²) in [5.41, 5.74) is 2.83. The number of likely N-dealkylation sites (N-methyl/N-ethyl adjacent to an activating group) is 1. The van der Waals surface area contributed by atoms with Gasteiger partial charge >= 0.3 is 0 Å². The van der Waals surface area contributed by atoms with Gasteiger partial charge in [-0.3, -0.25) is 9.59 Å². The molecule has 4 fully saturated rings. The number of hydrogen-bond acceptors (Lipinski definition) is 8. The van der Waals surface area contributed by atoms with Crippen molar-refractivity contribution in [3.8, 4) is 0 Å². The molecule has 0 aliphatic carbocycles. The van der Waals surface area contributed by atoms with Crippen LogP contribution in [0.25, 0.3) is 0 Å². The summed E-state index contributed by atoms with van der Waals surface area (Å²) in [4.78, 5) is 26.4. The Kier molecular flexibility index (Phi) is 17.1. The first-order valence-corrected chi connectivity index (χ1v) is 26.5. The van der Waals surface area contributed by atoms with Crippen LogP contribution in [0.15, 0.2) is 109 Å². The normalized spacial score (nSPS) is 24.0. The summed E-state index contributed by atoms with van der Waals surface area (Å²) in [7, 11) is -1.07. The molecule has 4 aliphatic rings. The van der Waals surface area contributed by atoms with E-state index in [1.807, 2.05) is 19.2 Å². The monoisotopic (exact) mass is 918 g/mol. The molecule has 6 atom stereocenters. The van der Waals surface area contributed by atoms with Crippen LogP contribution in [0.3, 0.4) is 0 Å². The molecule has 0 saturated carbocycles. The maximum atomic E-state index is 12.5. The Labute approximate surface area is 391 Å². The number of amides is 2. The van der Waals surface area contributed by atoms with Gasteiger partial charge in [-0.2, -0.15) is 0 Å². The Balaban J connectivity index is 0.000000194. The Bertz CT molecular complexity index is 2080. The van der Waals surface area contributed by atoms with E-state index in [2.05, 4.69) is 144 Å². The average Bonchev–Trinajstić information content (AvgIpc) is 3.79. The summed E-state index contributed by atoms with van der Waals surface area (Å²) in [5.74, 6) is 0.120. The van der Waals surface area contributed by atoms with Crippen molar-refractivity contribution < 1.29 is 37.4 Å². The standard InChI is InChI=1S/C27H36NO4Si.C26H34NO4Si/c1-27(2,3)20-13-15-22(16-14-20)33(21-10-6-5-7-11-21)31-19-23-24(18-25(29)28(23)4)32-26-12-8-9-17-30-26;1-26(2,3)19-12-14-21(15-13-19)32(20-9-5-4-6-10-20)30-18-22-23(17-24(28)27-22)31-25-11-7-8-16-29-25/h5-7,10-11,13-16,23-24,26H,8-9,12,17-19H2,1-4H3;4-6,9-10,12-15,22-23,25H,7-8,11,16-18H2,1-3H3,(H,27,28)/t23-,24-,26-;22-,23-,25-/m11/s1. The Hall–Kier alpha value is -3.99. The molecule has 8 rings (SSSR count). The molecular weight excluding hydrogens is 849 g/mol. The molecular formula is C53H70N2O8Si2. The van der Waals surface area contributed by atoms with E-state index in [0.29, 0.717) is 26.1 Å². The van der Waals surface area contributed by atoms with Gasteiger partial charge in [0.1, 0.15) is 0 Å². The molecule has 2 radical (unpaired) electrons. The number of carbonyl (C=O) groups excluding carboxylic acids is 2. The fourth-order valence-corrected chi connectivity index (χ4v) is 12.6. The quantitative estimate of drug-likeness (QED) is 0.150. The van der Waals surface area contributed by atoms with E-state index in [0.717, 1.165) is 51.7 Å². The van der Waals surface area contributed by atoms with Crippen LogP contribution in [0.5, 0.6) is 0 Å². The van der Waals surface area contributed by atoms with Crippen molar-refractivity contribution >= 4 is 50.6 Å². The fraction of sp³-hybridized carbons (Fsp3) is 0.509. The summed E-state index contributed by atoms with van der Waals surface area (Å²) in [6, 6.07) is 38.2. The second-order valence-electron chi connectivity index (χ2n) is 19.8. The Morgan fingerprint density at radius 3 is 1.48 bits per heavy atom. The topological polar surface area (TPSA) is 105 Å². The van der Waals surface area contributed by atoms with Gasteiger partial charge < -0.3 is 38.0 Å². The van der Waals surface area contributed by atoms with E-state index in [9.17, 15) is 9.59 Å². The zero-order chi connectivity index (χ0) is 46.0. The number of hydrogen-bond donors (Lipinski definition) is 1. The van der Waals surface area contributed by atoms with E-state index >= 15 is 0 Å². The van der Waals surface area contributed by atoms with E-state index in [4.69, 9.17) is 27.8 Å². The Morgan fingerprint density at radius 1 is 0.585 bits per heavy atom. The third kappa shape index (κ3) is 13.6. The number of likely N-dealkylation sites (tertiary alicyclic amines) is 1. The van der Waals surface area contributed by atoms with Gasteiger partial charge in [0.25, 0.3) is 18.1 Å². The lowest BCUT2D eigenvalue weighted by atomic mass is 9.87. The predicted molar refractivity (Wildman–Crippen MR) is 260 cm³/mol. The molecule has 4 aromatic carbocycles. The minimum Gasteiger partial charge on any atom is -0.405 e. The highest BCUT2D eigenvalue weighted by atomic mass is 28.3. The lowest BCUT2D eigenvalue weighted by Crippen LogP contribution is -2.49. The molecule has 0 spiro atoms. The van der Waals surface area contributed by atoms with Gasteiger partial charge in [0.15, 0.2) is 12.6 Å². The first kappa shape index (κ1) is 48.9. The Morgan fingerprint density at radius 2 is 1.03 bits per heavy atom. The van der Waals surface area contributed by atoms with Crippen LogP contribution in [0.2, 0.25) is 0 Å². The van der Waals surface area contributed by atoms with Crippen LogP contribution >= 0.6 is 0 Å². The summed E-state index contributed by atoms with van der Waals surface area (Å²) in [6.07, 6.45) is 6.04. The predicted octanol–water partition coefficient (Wildman–Crippen LogP) is 6.16. The molecule has 12 heteroatoms. The smallest absolute Gasteiger partial charge is 0.282 e. The molecule has 4 aromatic rings. The minimum atomic E-state index is -1.47. The molecule has 348 valence electrons. The molecule has 0 bridgehead atoms. The third-order valence-corrected chi connectivity index (χ3v) is 17.1. The minimum absolute atomic E-state index is 0.0161. The third-order valence-electron chi connectivity index (χ3n) is 12.7. The number of ether oxygens (including phenoxy) is 4. The van der Waals surface area contributed by atoms with Gasteiger partial charge in [-0.05, 0) is 81.2 Å². The summed E-state index contributed by atoms with van der Waals surface area (Å²) in [5, 5.41) is 7.85. The van der Waals surface area contributed by atoms with Gasteiger partial charge in [-0.15, -0.1) is 0 Å². The van der Waals surface area contributed by atoms with Gasteiger partial charge in [-0.1, -0.05) is 151 Å². The molecule has 4 heterocycles. The average molecular weight is 919 g/mol. The highest BCUT2D eigenvalue weighted by Gasteiger charge is 2.41. The van der Waals surface area contributed by atoms with E-state index in [1.165, 1.54) is 31.9 Å². The maximum Gasteiger partial charge on any atom is 0.282 e.